The Morgan fingerprint density at radius 3 is 2.10 bits per heavy atom. The number of carbonyl (C=O) groups excluding carboxylic acids is 4. The molecule has 1 heterocycles. The minimum Gasteiger partial charge on any atom is -0.465 e. The molecule has 0 aromatic heterocycles. The van der Waals surface area contributed by atoms with Crippen LogP contribution >= 0.6 is 11.6 Å². The monoisotopic (exact) mass is 567 g/mol. The topological polar surface area (TPSA) is 114 Å². The Labute approximate surface area is 239 Å². The molecule has 0 fully saturated rings. The van der Waals surface area contributed by atoms with Crippen molar-refractivity contribution in [2.75, 3.05) is 22.6 Å². The molecule has 9 nitrogen and oxygen atoms in total. The number of halogens is 1. The second-order valence-electron chi connectivity index (χ2n) is 8.77. The molecule has 204 valence electrons. The Bertz CT molecular complexity index is 1670. The summed E-state index contributed by atoms with van der Waals surface area (Å²) in [7, 11) is 1.28. The first-order valence-corrected chi connectivity index (χ1v) is 12.7. The van der Waals surface area contributed by atoms with E-state index in [2.05, 4.69) is 10.6 Å². The molecule has 0 aliphatic carbocycles. The van der Waals surface area contributed by atoms with Gasteiger partial charge in [0.1, 0.15) is 22.2 Å². The zero-order chi connectivity index (χ0) is 28.9. The van der Waals surface area contributed by atoms with E-state index < -0.39 is 23.7 Å². The predicted octanol–water partition coefficient (Wildman–Crippen LogP) is 5.95. The van der Waals surface area contributed by atoms with Crippen molar-refractivity contribution < 1.29 is 28.7 Å². The molecule has 5 rings (SSSR count). The Hall–Kier alpha value is -5.41. The van der Waals surface area contributed by atoms with Crippen LogP contribution in [0, 0.1) is 0 Å². The number of rotatable bonds is 8. The first-order valence-electron chi connectivity index (χ1n) is 12.3. The Kier molecular flexibility index (Phi) is 7.80. The minimum atomic E-state index is -0.666. The van der Waals surface area contributed by atoms with Crippen LogP contribution < -0.4 is 20.3 Å². The van der Waals surface area contributed by atoms with E-state index in [1.54, 1.807) is 66.7 Å². The highest BCUT2D eigenvalue weighted by molar-refractivity contribution is 6.53. The van der Waals surface area contributed by atoms with Crippen molar-refractivity contribution in [1.29, 1.82) is 0 Å². The highest BCUT2D eigenvalue weighted by atomic mass is 35.5. The van der Waals surface area contributed by atoms with Gasteiger partial charge in [0.05, 0.1) is 18.4 Å². The number of nitrogens with one attached hydrogen (secondary N) is 2. The SMILES string of the molecule is COC(=O)c1cccc(NC(=O)c2ccc(NC3=C(Cl)C(=O)N(c4ccc(Oc5ccccc5)cc4)C3=O)cc2)c1. The van der Waals surface area contributed by atoms with E-state index in [4.69, 9.17) is 21.1 Å². The van der Waals surface area contributed by atoms with Gasteiger partial charge in [0, 0.05) is 16.9 Å². The maximum Gasteiger partial charge on any atom is 0.337 e. The van der Waals surface area contributed by atoms with E-state index in [1.807, 2.05) is 30.3 Å². The van der Waals surface area contributed by atoms with Gasteiger partial charge in [0.15, 0.2) is 0 Å². The van der Waals surface area contributed by atoms with Crippen LogP contribution in [-0.4, -0.2) is 30.8 Å². The van der Waals surface area contributed by atoms with Crippen LogP contribution in [0.15, 0.2) is 114 Å². The van der Waals surface area contributed by atoms with Gasteiger partial charge in [-0.3, -0.25) is 14.4 Å². The van der Waals surface area contributed by atoms with E-state index in [-0.39, 0.29) is 10.7 Å². The standard InChI is InChI=1S/C31H22ClN3O6/c1-40-31(39)20-6-5-7-22(18-20)34-28(36)19-10-12-21(13-11-19)33-27-26(32)29(37)35(30(27)38)23-14-16-25(17-15-23)41-24-8-3-2-4-9-24/h2-18,33H,1H3,(H,34,36). The van der Waals surface area contributed by atoms with Gasteiger partial charge in [-0.05, 0) is 78.9 Å². The van der Waals surface area contributed by atoms with Crippen LogP contribution in [-0.2, 0) is 14.3 Å². The molecule has 0 atom stereocenters. The highest BCUT2D eigenvalue weighted by Gasteiger charge is 2.39. The quantitative estimate of drug-likeness (QED) is 0.200. The summed E-state index contributed by atoms with van der Waals surface area (Å²) in [5.74, 6) is -1.02. The van der Waals surface area contributed by atoms with Gasteiger partial charge < -0.3 is 20.1 Å². The number of esters is 1. The molecule has 0 spiro atoms. The van der Waals surface area contributed by atoms with Gasteiger partial charge in [-0.2, -0.15) is 0 Å². The molecule has 1 aliphatic rings. The summed E-state index contributed by atoms with van der Waals surface area (Å²) in [5.41, 5.74) is 1.74. The van der Waals surface area contributed by atoms with Crippen molar-refractivity contribution in [2.24, 2.45) is 0 Å². The number of nitrogens with zero attached hydrogens (tertiary/aromatic N) is 1. The molecule has 4 aromatic rings. The van der Waals surface area contributed by atoms with Gasteiger partial charge in [0.25, 0.3) is 17.7 Å². The number of anilines is 3. The maximum absolute atomic E-state index is 13.2. The van der Waals surface area contributed by atoms with Crippen molar-refractivity contribution in [3.63, 3.8) is 0 Å². The van der Waals surface area contributed by atoms with E-state index in [0.29, 0.717) is 39.7 Å². The molecule has 0 unspecified atom stereocenters. The van der Waals surface area contributed by atoms with Crippen LogP contribution in [0.2, 0.25) is 0 Å². The Balaban J connectivity index is 1.24. The van der Waals surface area contributed by atoms with Gasteiger partial charge in [0.2, 0.25) is 0 Å². The number of amides is 3. The largest absolute Gasteiger partial charge is 0.465 e. The van der Waals surface area contributed by atoms with Crippen LogP contribution in [0.3, 0.4) is 0 Å². The summed E-state index contributed by atoms with van der Waals surface area (Å²) < 4.78 is 10.5. The minimum absolute atomic E-state index is 0.0851. The second-order valence-corrected chi connectivity index (χ2v) is 9.15. The molecule has 1 aliphatic heterocycles. The number of benzene rings is 4. The number of methoxy groups -OCH3 is 1. The van der Waals surface area contributed by atoms with Gasteiger partial charge in [-0.1, -0.05) is 35.9 Å². The summed E-state index contributed by atoms with van der Waals surface area (Å²) in [6.07, 6.45) is 0. The lowest BCUT2D eigenvalue weighted by Gasteiger charge is -2.16. The summed E-state index contributed by atoms with van der Waals surface area (Å²) in [6.45, 7) is 0. The molecular formula is C31H22ClN3O6. The molecule has 0 radical (unpaired) electrons. The van der Waals surface area contributed by atoms with Crippen molar-refractivity contribution in [2.45, 2.75) is 0 Å². The van der Waals surface area contributed by atoms with E-state index in [0.717, 1.165) is 4.90 Å². The first-order chi connectivity index (χ1) is 19.8. The maximum atomic E-state index is 13.2. The summed E-state index contributed by atoms with van der Waals surface area (Å²) in [4.78, 5) is 51.4. The second kappa shape index (κ2) is 11.8. The van der Waals surface area contributed by atoms with Gasteiger partial charge >= 0.3 is 5.97 Å². The lowest BCUT2D eigenvalue weighted by Crippen LogP contribution is -2.32. The van der Waals surface area contributed by atoms with E-state index in [9.17, 15) is 19.2 Å². The zero-order valence-corrected chi connectivity index (χ0v) is 22.3. The molecular weight excluding hydrogens is 546 g/mol. The lowest BCUT2D eigenvalue weighted by molar-refractivity contribution is -0.120. The lowest BCUT2D eigenvalue weighted by atomic mass is 10.1. The van der Waals surface area contributed by atoms with Crippen LogP contribution in [0.25, 0.3) is 0 Å². The van der Waals surface area contributed by atoms with Crippen LogP contribution in [0.1, 0.15) is 20.7 Å². The number of imide groups is 1. The molecule has 3 amide bonds. The average molecular weight is 568 g/mol. The molecule has 41 heavy (non-hydrogen) atoms. The Morgan fingerprint density at radius 2 is 1.41 bits per heavy atom. The van der Waals surface area contributed by atoms with Crippen LogP contribution in [0.4, 0.5) is 17.1 Å². The third kappa shape index (κ3) is 5.95. The zero-order valence-electron chi connectivity index (χ0n) is 21.6. The van der Waals surface area contributed by atoms with Crippen molar-refractivity contribution >= 4 is 52.4 Å². The third-order valence-electron chi connectivity index (χ3n) is 6.06. The number of hydrogen-bond acceptors (Lipinski definition) is 7. The summed E-state index contributed by atoms with van der Waals surface area (Å²) in [5, 5.41) is 5.35. The predicted molar refractivity (Wildman–Crippen MR) is 154 cm³/mol. The molecule has 2 N–H and O–H groups in total. The van der Waals surface area contributed by atoms with E-state index in [1.165, 1.54) is 13.2 Å². The molecule has 0 saturated heterocycles. The summed E-state index contributed by atoms with van der Waals surface area (Å²) in [6, 6.07) is 28.3. The normalized spacial score (nSPS) is 12.8. The van der Waals surface area contributed by atoms with Crippen molar-refractivity contribution in [1.82, 2.24) is 0 Å². The number of hydrogen-bond donors (Lipinski definition) is 2. The molecule has 10 heteroatoms. The third-order valence-corrected chi connectivity index (χ3v) is 6.41. The number of ether oxygens (including phenoxy) is 2. The summed E-state index contributed by atoms with van der Waals surface area (Å²) >= 11 is 6.26. The first kappa shape index (κ1) is 27.2. The molecule has 0 saturated carbocycles. The smallest absolute Gasteiger partial charge is 0.337 e. The average Bonchev–Trinajstić information content (AvgIpc) is 3.21. The highest BCUT2D eigenvalue weighted by Crippen LogP contribution is 2.32. The Morgan fingerprint density at radius 1 is 0.732 bits per heavy atom. The van der Waals surface area contributed by atoms with Crippen molar-refractivity contribution in [3.8, 4) is 11.5 Å². The fourth-order valence-corrected chi connectivity index (χ4v) is 4.24. The molecule has 0 bridgehead atoms. The van der Waals surface area contributed by atoms with Gasteiger partial charge in [-0.15, -0.1) is 0 Å². The fourth-order valence-electron chi connectivity index (χ4n) is 4.03. The fraction of sp³-hybridized carbons (Fsp3) is 0.0323. The number of para-hydroxylation sites is 1. The molecule has 4 aromatic carbocycles. The van der Waals surface area contributed by atoms with Gasteiger partial charge in [-0.25, -0.2) is 9.69 Å². The van der Waals surface area contributed by atoms with Crippen molar-refractivity contribution in [3.05, 3.63) is 125 Å². The number of carbonyl (C=O) groups is 4. The van der Waals surface area contributed by atoms with E-state index >= 15 is 0 Å². The van der Waals surface area contributed by atoms with Crippen LogP contribution in [0.5, 0.6) is 11.5 Å².